The Morgan fingerprint density at radius 3 is 2.17 bits per heavy atom. The molecular formula is C16H28N2. The van der Waals surface area contributed by atoms with Crippen LogP contribution in [0.25, 0.3) is 0 Å². The maximum absolute atomic E-state index is 3.66. The van der Waals surface area contributed by atoms with Crippen LogP contribution >= 0.6 is 0 Å². The molecule has 0 saturated heterocycles. The first-order valence-electron chi connectivity index (χ1n) is 7.08. The first kappa shape index (κ1) is 15.2. The van der Waals surface area contributed by atoms with E-state index in [4.69, 9.17) is 0 Å². The van der Waals surface area contributed by atoms with E-state index in [0.717, 1.165) is 13.0 Å². The Bertz CT molecular complexity index is 329. The van der Waals surface area contributed by atoms with Crippen molar-refractivity contribution < 1.29 is 0 Å². The second-order valence-electron chi connectivity index (χ2n) is 5.23. The van der Waals surface area contributed by atoms with E-state index in [9.17, 15) is 0 Å². The third-order valence-corrected chi connectivity index (χ3v) is 3.66. The van der Waals surface area contributed by atoms with Gasteiger partial charge in [0.15, 0.2) is 0 Å². The molecule has 0 heterocycles. The van der Waals surface area contributed by atoms with Crippen molar-refractivity contribution in [1.82, 2.24) is 10.2 Å². The molecule has 18 heavy (non-hydrogen) atoms. The van der Waals surface area contributed by atoms with Crippen LogP contribution in [0.2, 0.25) is 0 Å². The number of likely N-dealkylation sites (N-methyl/N-ethyl adjacent to an activating group) is 1. The van der Waals surface area contributed by atoms with Gasteiger partial charge in [-0.2, -0.15) is 0 Å². The fraction of sp³-hybridized carbons (Fsp3) is 0.625. The molecule has 2 heteroatoms. The van der Waals surface area contributed by atoms with Crippen molar-refractivity contribution in [1.29, 1.82) is 0 Å². The van der Waals surface area contributed by atoms with E-state index in [1.54, 1.807) is 0 Å². The lowest BCUT2D eigenvalue weighted by atomic mass is 9.98. The van der Waals surface area contributed by atoms with Crippen molar-refractivity contribution in [3.63, 3.8) is 0 Å². The van der Waals surface area contributed by atoms with E-state index in [2.05, 4.69) is 69.3 Å². The Morgan fingerprint density at radius 2 is 1.72 bits per heavy atom. The molecule has 1 N–H and O–H groups in total. The standard InChI is InChI=1S/C16H28N2/c1-6-12-17-16(13(3)18(4)5)15-10-8-14(7-2)9-11-15/h8-11,13,16-17H,6-7,12H2,1-5H3. The highest BCUT2D eigenvalue weighted by atomic mass is 15.1. The molecule has 0 aliphatic carbocycles. The van der Waals surface area contributed by atoms with Crippen molar-refractivity contribution in [2.75, 3.05) is 20.6 Å². The van der Waals surface area contributed by atoms with E-state index in [0.29, 0.717) is 12.1 Å². The fourth-order valence-corrected chi connectivity index (χ4v) is 2.13. The Hall–Kier alpha value is -0.860. The lowest BCUT2D eigenvalue weighted by Gasteiger charge is -2.30. The second-order valence-corrected chi connectivity index (χ2v) is 5.23. The largest absolute Gasteiger partial charge is 0.309 e. The van der Waals surface area contributed by atoms with Gasteiger partial charge in [0.2, 0.25) is 0 Å². The van der Waals surface area contributed by atoms with E-state index in [-0.39, 0.29) is 0 Å². The number of hydrogen-bond acceptors (Lipinski definition) is 2. The zero-order valence-electron chi connectivity index (χ0n) is 12.5. The molecule has 0 aliphatic heterocycles. The number of nitrogens with zero attached hydrogens (tertiary/aromatic N) is 1. The van der Waals surface area contributed by atoms with Crippen molar-refractivity contribution in [3.05, 3.63) is 35.4 Å². The van der Waals surface area contributed by atoms with Gasteiger partial charge in [-0.3, -0.25) is 0 Å². The summed E-state index contributed by atoms with van der Waals surface area (Å²) in [5.41, 5.74) is 2.80. The molecule has 2 atom stereocenters. The van der Waals surface area contributed by atoms with Crippen LogP contribution in [0.15, 0.2) is 24.3 Å². The van der Waals surface area contributed by atoms with Gasteiger partial charge in [0.25, 0.3) is 0 Å². The third kappa shape index (κ3) is 4.11. The Balaban J connectivity index is 2.86. The highest BCUT2D eigenvalue weighted by Gasteiger charge is 2.19. The number of rotatable bonds is 7. The molecule has 0 spiro atoms. The van der Waals surface area contributed by atoms with E-state index < -0.39 is 0 Å². The van der Waals surface area contributed by atoms with Gasteiger partial charge in [-0.1, -0.05) is 38.1 Å². The maximum atomic E-state index is 3.66. The van der Waals surface area contributed by atoms with Gasteiger partial charge < -0.3 is 10.2 Å². The molecule has 0 fully saturated rings. The van der Waals surface area contributed by atoms with Crippen molar-refractivity contribution in [2.45, 2.75) is 45.7 Å². The summed E-state index contributed by atoms with van der Waals surface area (Å²) in [6, 6.07) is 9.93. The molecule has 0 aromatic heterocycles. The highest BCUT2D eigenvalue weighted by Crippen LogP contribution is 2.20. The summed E-state index contributed by atoms with van der Waals surface area (Å²) >= 11 is 0. The molecule has 0 radical (unpaired) electrons. The van der Waals surface area contributed by atoms with E-state index in [1.807, 2.05) is 0 Å². The van der Waals surface area contributed by atoms with Gasteiger partial charge in [0.05, 0.1) is 0 Å². The lowest BCUT2D eigenvalue weighted by molar-refractivity contribution is 0.247. The van der Waals surface area contributed by atoms with Gasteiger partial charge >= 0.3 is 0 Å². The van der Waals surface area contributed by atoms with Crippen LogP contribution in [0, 0.1) is 0 Å². The average molecular weight is 248 g/mol. The van der Waals surface area contributed by atoms with E-state index >= 15 is 0 Å². The first-order valence-corrected chi connectivity index (χ1v) is 7.08. The predicted molar refractivity (Wildman–Crippen MR) is 80.0 cm³/mol. The summed E-state index contributed by atoms with van der Waals surface area (Å²) in [4.78, 5) is 2.28. The van der Waals surface area contributed by atoms with Gasteiger partial charge in [0.1, 0.15) is 0 Å². The molecule has 1 aromatic carbocycles. The quantitative estimate of drug-likeness (QED) is 0.797. The van der Waals surface area contributed by atoms with Gasteiger partial charge in [-0.05, 0) is 51.5 Å². The summed E-state index contributed by atoms with van der Waals surface area (Å²) in [6.07, 6.45) is 2.28. The molecule has 1 rings (SSSR count). The maximum Gasteiger partial charge on any atom is 0.0475 e. The number of benzene rings is 1. The van der Waals surface area contributed by atoms with Crippen LogP contribution in [-0.2, 0) is 6.42 Å². The summed E-state index contributed by atoms with van der Waals surface area (Å²) < 4.78 is 0. The fourth-order valence-electron chi connectivity index (χ4n) is 2.13. The molecule has 0 bridgehead atoms. The SMILES string of the molecule is CCCNC(c1ccc(CC)cc1)C(C)N(C)C. The van der Waals surface area contributed by atoms with Crippen LogP contribution < -0.4 is 5.32 Å². The van der Waals surface area contributed by atoms with Crippen molar-refractivity contribution in [2.24, 2.45) is 0 Å². The molecule has 2 unspecified atom stereocenters. The molecule has 0 saturated carbocycles. The van der Waals surface area contributed by atoms with Gasteiger partial charge in [-0.25, -0.2) is 0 Å². The van der Waals surface area contributed by atoms with Crippen molar-refractivity contribution in [3.8, 4) is 0 Å². The monoisotopic (exact) mass is 248 g/mol. The van der Waals surface area contributed by atoms with Gasteiger partial charge in [0, 0.05) is 12.1 Å². The zero-order chi connectivity index (χ0) is 13.5. The van der Waals surface area contributed by atoms with Crippen LogP contribution in [0.4, 0.5) is 0 Å². The summed E-state index contributed by atoms with van der Waals surface area (Å²) in [7, 11) is 4.29. The van der Waals surface area contributed by atoms with Crippen LogP contribution in [0.3, 0.4) is 0 Å². The summed E-state index contributed by atoms with van der Waals surface area (Å²) in [6.45, 7) is 7.76. The normalized spacial score (nSPS) is 14.8. The van der Waals surface area contributed by atoms with E-state index in [1.165, 1.54) is 17.5 Å². The highest BCUT2D eigenvalue weighted by molar-refractivity contribution is 5.26. The van der Waals surface area contributed by atoms with Crippen LogP contribution in [0.1, 0.15) is 44.4 Å². The minimum atomic E-state index is 0.408. The Kier molecular flexibility index (Phi) is 6.37. The lowest BCUT2D eigenvalue weighted by Crippen LogP contribution is -2.39. The van der Waals surface area contributed by atoms with Crippen LogP contribution in [-0.4, -0.2) is 31.6 Å². The summed E-state index contributed by atoms with van der Waals surface area (Å²) in [5, 5.41) is 3.66. The topological polar surface area (TPSA) is 15.3 Å². The minimum absolute atomic E-state index is 0.408. The Labute approximate surface area is 112 Å². The smallest absolute Gasteiger partial charge is 0.0475 e. The molecule has 0 aliphatic rings. The number of aryl methyl sites for hydroxylation is 1. The summed E-state index contributed by atoms with van der Waals surface area (Å²) in [5.74, 6) is 0. The molecule has 0 amide bonds. The second kappa shape index (κ2) is 7.55. The molecular weight excluding hydrogens is 220 g/mol. The third-order valence-electron chi connectivity index (χ3n) is 3.66. The molecule has 2 nitrogen and oxygen atoms in total. The predicted octanol–water partition coefficient (Wildman–Crippen LogP) is 3.24. The van der Waals surface area contributed by atoms with Gasteiger partial charge in [-0.15, -0.1) is 0 Å². The average Bonchev–Trinajstić information content (AvgIpc) is 2.39. The number of hydrogen-bond donors (Lipinski definition) is 1. The molecule has 1 aromatic rings. The first-order chi connectivity index (χ1) is 8.60. The van der Waals surface area contributed by atoms with Crippen LogP contribution in [0.5, 0.6) is 0 Å². The minimum Gasteiger partial charge on any atom is -0.309 e. The zero-order valence-corrected chi connectivity index (χ0v) is 12.5. The Morgan fingerprint density at radius 1 is 1.11 bits per heavy atom. The number of nitrogens with one attached hydrogen (secondary N) is 1. The molecule has 102 valence electrons. The van der Waals surface area contributed by atoms with Crippen molar-refractivity contribution >= 4 is 0 Å².